The molecule has 0 aromatic heterocycles. The molecule has 0 radical (unpaired) electrons. The Hall–Kier alpha value is -1.62. The van der Waals surface area contributed by atoms with Crippen molar-refractivity contribution in [3.63, 3.8) is 0 Å². The summed E-state index contributed by atoms with van der Waals surface area (Å²) in [7, 11) is 3.09. The summed E-state index contributed by atoms with van der Waals surface area (Å²) in [5.41, 5.74) is 0.654. The SMILES string of the molecule is CCCC(C)NC(=O)CNc1cc(Cl)c(OC)cc1OC. The van der Waals surface area contributed by atoms with E-state index in [0.717, 1.165) is 12.8 Å². The Labute approximate surface area is 131 Å². The van der Waals surface area contributed by atoms with Crippen LogP contribution in [-0.4, -0.2) is 32.7 Å². The number of halogens is 1. The molecule has 0 saturated carbocycles. The van der Waals surface area contributed by atoms with Crippen molar-refractivity contribution < 1.29 is 14.3 Å². The van der Waals surface area contributed by atoms with Gasteiger partial charge in [-0.1, -0.05) is 24.9 Å². The highest BCUT2D eigenvalue weighted by molar-refractivity contribution is 6.32. The first-order chi connectivity index (χ1) is 10.0. The molecule has 1 aromatic carbocycles. The summed E-state index contributed by atoms with van der Waals surface area (Å²) in [6, 6.07) is 3.54. The Morgan fingerprint density at radius 3 is 2.52 bits per heavy atom. The number of benzene rings is 1. The van der Waals surface area contributed by atoms with Crippen molar-refractivity contribution in [3.8, 4) is 11.5 Å². The van der Waals surface area contributed by atoms with Crippen molar-refractivity contribution in [3.05, 3.63) is 17.2 Å². The highest BCUT2D eigenvalue weighted by Crippen LogP contribution is 2.35. The van der Waals surface area contributed by atoms with Crippen LogP contribution in [-0.2, 0) is 4.79 Å². The molecule has 0 fully saturated rings. The predicted molar refractivity (Wildman–Crippen MR) is 85.6 cm³/mol. The number of rotatable bonds is 8. The highest BCUT2D eigenvalue weighted by atomic mass is 35.5. The molecule has 0 bridgehead atoms. The topological polar surface area (TPSA) is 59.6 Å². The molecule has 0 heterocycles. The monoisotopic (exact) mass is 314 g/mol. The van der Waals surface area contributed by atoms with Gasteiger partial charge in [0, 0.05) is 12.1 Å². The second-order valence-electron chi connectivity index (χ2n) is 4.80. The average molecular weight is 315 g/mol. The number of methoxy groups -OCH3 is 2. The van der Waals surface area contributed by atoms with Crippen LogP contribution in [0, 0.1) is 0 Å². The third-order valence-corrected chi connectivity index (χ3v) is 3.34. The van der Waals surface area contributed by atoms with E-state index in [4.69, 9.17) is 21.1 Å². The minimum absolute atomic E-state index is 0.0649. The first-order valence-electron chi connectivity index (χ1n) is 6.96. The van der Waals surface area contributed by atoms with E-state index in [2.05, 4.69) is 17.6 Å². The second-order valence-corrected chi connectivity index (χ2v) is 5.21. The lowest BCUT2D eigenvalue weighted by molar-refractivity contribution is -0.120. The lowest BCUT2D eigenvalue weighted by atomic mass is 10.2. The van der Waals surface area contributed by atoms with Crippen molar-refractivity contribution >= 4 is 23.2 Å². The maximum atomic E-state index is 11.8. The predicted octanol–water partition coefficient (Wildman–Crippen LogP) is 3.07. The van der Waals surface area contributed by atoms with E-state index in [1.165, 1.54) is 7.11 Å². The van der Waals surface area contributed by atoms with Crippen LogP contribution < -0.4 is 20.1 Å². The first-order valence-corrected chi connectivity index (χ1v) is 7.34. The second kappa shape index (κ2) is 8.62. The molecular weight excluding hydrogens is 292 g/mol. The number of ether oxygens (including phenoxy) is 2. The molecular formula is C15H23ClN2O3. The molecule has 1 unspecified atom stereocenters. The highest BCUT2D eigenvalue weighted by Gasteiger charge is 2.12. The molecule has 1 amide bonds. The van der Waals surface area contributed by atoms with Crippen molar-refractivity contribution in [2.75, 3.05) is 26.1 Å². The van der Waals surface area contributed by atoms with Crippen LogP contribution in [0.1, 0.15) is 26.7 Å². The Bertz CT molecular complexity index is 480. The van der Waals surface area contributed by atoms with Crippen molar-refractivity contribution in [2.24, 2.45) is 0 Å². The average Bonchev–Trinajstić information content (AvgIpc) is 2.45. The summed E-state index contributed by atoms with van der Waals surface area (Å²) in [5, 5.41) is 6.41. The van der Waals surface area contributed by atoms with Crippen LogP contribution in [0.15, 0.2) is 12.1 Å². The molecule has 1 aromatic rings. The number of hydrogen-bond donors (Lipinski definition) is 2. The van der Waals surface area contributed by atoms with Gasteiger partial charge >= 0.3 is 0 Å². The van der Waals surface area contributed by atoms with Crippen LogP contribution >= 0.6 is 11.6 Å². The molecule has 6 heteroatoms. The largest absolute Gasteiger partial charge is 0.495 e. The number of carbonyl (C=O) groups is 1. The number of anilines is 1. The fourth-order valence-corrected chi connectivity index (χ4v) is 2.25. The summed E-state index contributed by atoms with van der Waals surface area (Å²) in [6.07, 6.45) is 2.00. The van der Waals surface area contributed by atoms with Crippen LogP contribution in [0.2, 0.25) is 5.02 Å². The minimum atomic E-state index is -0.0649. The third-order valence-electron chi connectivity index (χ3n) is 3.04. The minimum Gasteiger partial charge on any atom is -0.495 e. The summed E-state index contributed by atoms with van der Waals surface area (Å²) >= 11 is 6.08. The van der Waals surface area contributed by atoms with E-state index in [9.17, 15) is 4.79 Å². The van der Waals surface area contributed by atoms with Gasteiger partial charge in [0.05, 0.1) is 31.5 Å². The molecule has 0 aliphatic rings. The first kappa shape index (κ1) is 17.4. The van der Waals surface area contributed by atoms with Gasteiger partial charge in [-0.05, 0) is 19.4 Å². The molecule has 0 aliphatic heterocycles. The van der Waals surface area contributed by atoms with Crippen LogP contribution in [0.25, 0.3) is 0 Å². The normalized spacial score (nSPS) is 11.7. The molecule has 1 atom stereocenters. The van der Waals surface area contributed by atoms with Gasteiger partial charge in [0.25, 0.3) is 0 Å². The van der Waals surface area contributed by atoms with Crippen LogP contribution in [0.5, 0.6) is 11.5 Å². The van der Waals surface area contributed by atoms with Gasteiger partial charge in [0.2, 0.25) is 5.91 Å². The van der Waals surface area contributed by atoms with Gasteiger partial charge < -0.3 is 20.1 Å². The molecule has 0 saturated heterocycles. The van der Waals surface area contributed by atoms with Crippen molar-refractivity contribution in [2.45, 2.75) is 32.7 Å². The quantitative estimate of drug-likeness (QED) is 0.774. The Morgan fingerprint density at radius 2 is 1.95 bits per heavy atom. The van der Waals surface area contributed by atoms with Crippen LogP contribution in [0.4, 0.5) is 5.69 Å². The number of amides is 1. The molecule has 0 aliphatic carbocycles. The van der Waals surface area contributed by atoms with Gasteiger partial charge in [-0.2, -0.15) is 0 Å². The zero-order chi connectivity index (χ0) is 15.8. The standard InChI is InChI=1S/C15H23ClN2O3/c1-5-6-10(2)18-15(19)9-17-12-7-11(16)13(20-3)8-14(12)21-4/h7-8,10,17H,5-6,9H2,1-4H3,(H,18,19). The van der Waals surface area contributed by atoms with Crippen LogP contribution in [0.3, 0.4) is 0 Å². The van der Waals surface area contributed by atoms with Gasteiger partial charge in [0.15, 0.2) is 0 Å². The van der Waals surface area contributed by atoms with Gasteiger partial charge in [0.1, 0.15) is 11.5 Å². The lowest BCUT2D eigenvalue weighted by Gasteiger charge is -2.16. The summed E-state index contributed by atoms with van der Waals surface area (Å²) in [6.45, 7) is 4.24. The maximum Gasteiger partial charge on any atom is 0.239 e. The molecule has 2 N–H and O–H groups in total. The summed E-state index contributed by atoms with van der Waals surface area (Å²) in [4.78, 5) is 11.8. The molecule has 118 valence electrons. The van der Waals surface area contributed by atoms with E-state index in [0.29, 0.717) is 22.2 Å². The Balaban J connectivity index is 2.66. The molecule has 0 spiro atoms. The Kier molecular flexibility index (Phi) is 7.15. The zero-order valence-corrected chi connectivity index (χ0v) is 13.7. The third kappa shape index (κ3) is 5.34. The maximum absolute atomic E-state index is 11.8. The number of nitrogens with one attached hydrogen (secondary N) is 2. The number of hydrogen-bond acceptors (Lipinski definition) is 4. The smallest absolute Gasteiger partial charge is 0.239 e. The van der Waals surface area contributed by atoms with E-state index >= 15 is 0 Å². The van der Waals surface area contributed by atoms with E-state index < -0.39 is 0 Å². The van der Waals surface area contributed by atoms with Gasteiger partial charge in [-0.25, -0.2) is 0 Å². The van der Waals surface area contributed by atoms with E-state index in [1.54, 1.807) is 19.2 Å². The fourth-order valence-electron chi connectivity index (χ4n) is 2.00. The summed E-state index contributed by atoms with van der Waals surface area (Å²) in [5.74, 6) is 1.04. The Morgan fingerprint density at radius 1 is 1.29 bits per heavy atom. The number of carbonyl (C=O) groups excluding carboxylic acids is 1. The van der Waals surface area contributed by atoms with E-state index in [1.807, 2.05) is 6.92 Å². The lowest BCUT2D eigenvalue weighted by Crippen LogP contribution is -2.36. The van der Waals surface area contributed by atoms with Crippen molar-refractivity contribution in [1.82, 2.24) is 5.32 Å². The van der Waals surface area contributed by atoms with E-state index in [-0.39, 0.29) is 18.5 Å². The zero-order valence-electron chi connectivity index (χ0n) is 13.0. The molecule has 21 heavy (non-hydrogen) atoms. The fraction of sp³-hybridized carbons (Fsp3) is 0.533. The molecule has 1 rings (SSSR count). The summed E-state index contributed by atoms with van der Waals surface area (Å²) < 4.78 is 10.4. The van der Waals surface area contributed by atoms with Gasteiger partial charge in [-0.3, -0.25) is 4.79 Å². The van der Waals surface area contributed by atoms with Gasteiger partial charge in [-0.15, -0.1) is 0 Å². The molecule has 5 nitrogen and oxygen atoms in total. The van der Waals surface area contributed by atoms with Crippen molar-refractivity contribution in [1.29, 1.82) is 0 Å².